The topological polar surface area (TPSA) is 172 Å². The molecule has 5 rings (SSSR count). The van der Waals surface area contributed by atoms with Crippen LogP contribution in [0.1, 0.15) is 72.6 Å². The molecule has 0 atom stereocenters. The van der Waals surface area contributed by atoms with Crippen molar-refractivity contribution in [3.63, 3.8) is 0 Å². The lowest BCUT2D eigenvalue weighted by Gasteiger charge is -2.19. The van der Waals surface area contributed by atoms with Gasteiger partial charge in [0.05, 0.1) is 11.1 Å². The molecule has 5 aromatic carbocycles. The Hall–Kier alpha value is -6.95. The van der Waals surface area contributed by atoms with Crippen molar-refractivity contribution in [2.75, 3.05) is 21.3 Å². The number of hydrogen-bond acceptors (Lipinski definition) is 7. The number of amides is 4. The predicted octanol–water partition coefficient (Wildman–Crippen LogP) is 9.94. The molecule has 0 spiro atoms. The minimum absolute atomic E-state index is 0.0657. The van der Waals surface area contributed by atoms with Gasteiger partial charge in [0.2, 0.25) is 0 Å². The molecule has 0 aromatic heterocycles. The SMILES string of the molecule is CC(C)(C)OC(=O)Nc1ccc(NC(=O)c2ccccc2-c2ccccc2)cc1.CC(C)(C)OC(=O)Nc1ccc(NC(=O)c2ccccc2C(=O)O)cc1. The van der Waals surface area contributed by atoms with E-state index in [2.05, 4.69) is 21.3 Å². The maximum Gasteiger partial charge on any atom is 0.412 e. The minimum atomic E-state index is -1.17. The highest BCUT2D eigenvalue weighted by Crippen LogP contribution is 2.25. The molecule has 0 saturated carbocycles. The molecule has 0 heterocycles. The van der Waals surface area contributed by atoms with Crippen molar-refractivity contribution >= 4 is 52.7 Å². The lowest BCUT2D eigenvalue weighted by molar-refractivity contribution is 0.0624. The molecule has 5 N–H and O–H groups in total. The second kappa shape index (κ2) is 18.2. The van der Waals surface area contributed by atoms with E-state index >= 15 is 0 Å². The van der Waals surface area contributed by atoms with Crippen LogP contribution in [-0.4, -0.2) is 46.3 Å². The number of ether oxygens (including phenoxy) is 2. The fourth-order valence-corrected chi connectivity index (χ4v) is 4.93. The average molecular weight is 745 g/mol. The quantitative estimate of drug-likeness (QED) is 0.104. The smallest absolute Gasteiger partial charge is 0.412 e. The summed E-state index contributed by atoms with van der Waals surface area (Å²) in [6, 6.07) is 36.5. The van der Waals surface area contributed by atoms with Gasteiger partial charge in [-0.05, 0) is 119 Å². The van der Waals surface area contributed by atoms with Gasteiger partial charge in [0.1, 0.15) is 11.2 Å². The fourth-order valence-electron chi connectivity index (χ4n) is 4.93. The van der Waals surface area contributed by atoms with Crippen LogP contribution in [0, 0.1) is 0 Å². The summed E-state index contributed by atoms with van der Waals surface area (Å²) < 4.78 is 10.4. The molecule has 5 aromatic rings. The average Bonchev–Trinajstić information content (AvgIpc) is 3.12. The Bertz CT molecular complexity index is 2120. The van der Waals surface area contributed by atoms with Crippen molar-refractivity contribution in [3.05, 3.63) is 144 Å². The molecule has 4 amide bonds. The Morgan fingerprint density at radius 3 is 1.20 bits per heavy atom. The van der Waals surface area contributed by atoms with E-state index in [9.17, 15) is 24.0 Å². The summed E-state index contributed by atoms with van der Waals surface area (Å²) in [5.74, 6) is -1.90. The van der Waals surface area contributed by atoms with Gasteiger partial charge >= 0.3 is 18.2 Å². The number of hydrogen-bond donors (Lipinski definition) is 5. The Kier molecular flexibility index (Phi) is 13.5. The zero-order valence-corrected chi connectivity index (χ0v) is 31.4. The maximum atomic E-state index is 12.8. The Balaban J connectivity index is 0.000000246. The van der Waals surface area contributed by atoms with Gasteiger partial charge in [-0.2, -0.15) is 0 Å². The first-order valence-electron chi connectivity index (χ1n) is 17.3. The van der Waals surface area contributed by atoms with Crippen LogP contribution in [0.4, 0.5) is 32.3 Å². The number of anilines is 4. The highest BCUT2D eigenvalue weighted by atomic mass is 16.6. The van der Waals surface area contributed by atoms with Crippen LogP contribution >= 0.6 is 0 Å². The maximum absolute atomic E-state index is 12.8. The minimum Gasteiger partial charge on any atom is -0.478 e. The summed E-state index contributed by atoms with van der Waals surface area (Å²) in [4.78, 5) is 59.9. The number of carboxylic acids is 1. The van der Waals surface area contributed by atoms with Crippen LogP contribution in [0.3, 0.4) is 0 Å². The van der Waals surface area contributed by atoms with Crippen molar-refractivity contribution in [2.24, 2.45) is 0 Å². The van der Waals surface area contributed by atoms with E-state index in [1.54, 1.807) is 108 Å². The van der Waals surface area contributed by atoms with Crippen LogP contribution in [-0.2, 0) is 9.47 Å². The highest BCUT2D eigenvalue weighted by Gasteiger charge is 2.19. The number of carbonyl (C=O) groups is 5. The summed E-state index contributed by atoms with van der Waals surface area (Å²) in [5, 5.41) is 19.9. The molecular formula is C43H44N4O8. The number of carbonyl (C=O) groups excluding carboxylic acids is 4. The monoisotopic (exact) mass is 744 g/mol. The molecule has 0 aliphatic rings. The zero-order valence-electron chi connectivity index (χ0n) is 31.4. The third kappa shape index (κ3) is 13.2. The standard InChI is InChI=1S/C24H24N2O3.C19H20N2O5/c1-24(2,3)29-23(28)26-19-15-13-18(14-16-19)25-22(27)21-12-8-7-11-20(21)17-9-5-4-6-10-17;1-19(2,3)26-18(25)21-13-10-8-12(9-11-13)20-16(22)14-6-4-5-7-15(14)17(23)24/h4-16H,1-3H3,(H,25,27)(H,26,28);4-11H,1-3H3,(H,20,22)(H,21,25)(H,23,24). The molecule has 55 heavy (non-hydrogen) atoms. The molecule has 0 aliphatic carbocycles. The van der Waals surface area contributed by atoms with Gasteiger partial charge in [0.15, 0.2) is 0 Å². The first kappa shape index (κ1) is 40.8. The lowest BCUT2D eigenvalue weighted by Crippen LogP contribution is -2.27. The first-order valence-corrected chi connectivity index (χ1v) is 17.3. The molecule has 0 unspecified atom stereocenters. The molecule has 0 aliphatic heterocycles. The number of rotatable bonds is 8. The second-order valence-corrected chi connectivity index (χ2v) is 14.1. The van der Waals surface area contributed by atoms with Crippen LogP contribution < -0.4 is 21.3 Å². The second-order valence-electron chi connectivity index (χ2n) is 14.1. The number of carboxylic acid groups (broad SMARTS) is 1. The fraction of sp³-hybridized carbons (Fsp3) is 0.186. The number of nitrogens with one attached hydrogen (secondary N) is 4. The van der Waals surface area contributed by atoms with E-state index in [1.807, 2.05) is 48.5 Å². The molecule has 0 radical (unpaired) electrons. The molecule has 12 heteroatoms. The van der Waals surface area contributed by atoms with Gasteiger partial charge in [-0.1, -0.05) is 60.7 Å². The summed E-state index contributed by atoms with van der Waals surface area (Å²) in [7, 11) is 0. The summed E-state index contributed by atoms with van der Waals surface area (Å²) >= 11 is 0. The van der Waals surface area contributed by atoms with E-state index in [1.165, 1.54) is 12.1 Å². The predicted molar refractivity (Wildman–Crippen MR) is 214 cm³/mol. The van der Waals surface area contributed by atoms with E-state index in [4.69, 9.17) is 14.6 Å². The molecule has 284 valence electrons. The number of benzene rings is 5. The zero-order chi connectivity index (χ0) is 40.2. The molecule has 0 fully saturated rings. The van der Waals surface area contributed by atoms with Gasteiger partial charge in [0.25, 0.3) is 11.8 Å². The third-order valence-corrected chi connectivity index (χ3v) is 7.23. The van der Waals surface area contributed by atoms with Crippen molar-refractivity contribution in [2.45, 2.75) is 52.7 Å². The van der Waals surface area contributed by atoms with E-state index in [0.29, 0.717) is 28.3 Å². The van der Waals surface area contributed by atoms with Crippen LogP contribution in [0.15, 0.2) is 127 Å². The normalized spacial score (nSPS) is 10.8. The Labute approximate surface area is 319 Å². The van der Waals surface area contributed by atoms with Crippen molar-refractivity contribution in [1.29, 1.82) is 0 Å². The third-order valence-electron chi connectivity index (χ3n) is 7.23. The highest BCUT2D eigenvalue weighted by molar-refractivity contribution is 6.11. The van der Waals surface area contributed by atoms with Crippen molar-refractivity contribution < 1.29 is 38.6 Å². The molecular weight excluding hydrogens is 700 g/mol. The van der Waals surface area contributed by atoms with Gasteiger partial charge in [-0.3, -0.25) is 20.2 Å². The van der Waals surface area contributed by atoms with Crippen molar-refractivity contribution in [3.8, 4) is 11.1 Å². The van der Waals surface area contributed by atoms with Crippen molar-refractivity contribution in [1.82, 2.24) is 0 Å². The number of aromatic carboxylic acids is 1. The lowest BCUT2D eigenvalue weighted by atomic mass is 9.99. The molecule has 0 bridgehead atoms. The largest absolute Gasteiger partial charge is 0.478 e. The van der Waals surface area contributed by atoms with E-state index in [-0.39, 0.29) is 17.0 Å². The summed E-state index contributed by atoms with van der Waals surface area (Å²) in [6.45, 7) is 10.7. The first-order chi connectivity index (χ1) is 26.0. The van der Waals surface area contributed by atoms with E-state index < -0.39 is 35.3 Å². The summed E-state index contributed by atoms with van der Waals surface area (Å²) in [5.41, 5.74) is 3.45. The van der Waals surface area contributed by atoms with Gasteiger partial charge in [-0.15, -0.1) is 0 Å². The van der Waals surface area contributed by atoms with Gasteiger partial charge in [-0.25, -0.2) is 14.4 Å². The molecule has 12 nitrogen and oxygen atoms in total. The Morgan fingerprint density at radius 2 is 0.782 bits per heavy atom. The van der Waals surface area contributed by atoms with Gasteiger partial charge < -0.3 is 25.2 Å². The van der Waals surface area contributed by atoms with Crippen LogP contribution in [0.5, 0.6) is 0 Å². The molecule has 0 saturated heterocycles. The van der Waals surface area contributed by atoms with Gasteiger partial charge in [0, 0.05) is 28.3 Å². The summed E-state index contributed by atoms with van der Waals surface area (Å²) in [6.07, 6.45) is -1.10. The van der Waals surface area contributed by atoms with Crippen LogP contribution in [0.2, 0.25) is 0 Å². The van der Waals surface area contributed by atoms with E-state index in [0.717, 1.165) is 11.1 Å². The van der Waals surface area contributed by atoms with Crippen LogP contribution in [0.25, 0.3) is 11.1 Å². The Morgan fingerprint density at radius 1 is 0.436 bits per heavy atom.